The lowest BCUT2D eigenvalue weighted by Crippen LogP contribution is -2.43. The number of phenolic OH excluding ortho intramolecular Hbond substituents is 1. The monoisotopic (exact) mass is 390 g/mol. The van der Waals surface area contributed by atoms with Crippen molar-refractivity contribution in [1.82, 2.24) is 0 Å². The number of fused-ring (bicyclic) bond motifs is 1. The van der Waals surface area contributed by atoms with Crippen LogP contribution < -0.4 is 19.7 Å². The van der Waals surface area contributed by atoms with Crippen LogP contribution in [0.2, 0.25) is 0 Å². The highest BCUT2D eigenvalue weighted by atomic mass is 16.5. The summed E-state index contributed by atoms with van der Waals surface area (Å²) in [4.78, 5) is 15.1. The largest absolute Gasteiger partial charge is 0.504 e. The van der Waals surface area contributed by atoms with Crippen LogP contribution in [0, 0.1) is 0 Å². The molecule has 1 aliphatic rings. The second-order valence-electron chi connectivity index (χ2n) is 6.63. The summed E-state index contributed by atoms with van der Waals surface area (Å²) < 4.78 is 10.8. The fourth-order valence-electron chi connectivity index (χ4n) is 3.47. The third-order valence-electron chi connectivity index (χ3n) is 4.88. The zero-order valence-electron chi connectivity index (χ0n) is 16.3. The molecule has 3 aromatic rings. The zero-order chi connectivity index (χ0) is 20.4. The molecular formula is C23H22N2O4. The van der Waals surface area contributed by atoms with Crippen molar-refractivity contribution in [3.8, 4) is 17.2 Å². The van der Waals surface area contributed by atoms with Crippen molar-refractivity contribution >= 4 is 17.3 Å². The van der Waals surface area contributed by atoms with Crippen molar-refractivity contribution in [2.45, 2.75) is 13.1 Å². The normalized spacial score (nSPS) is 15.4. The third kappa shape index (κ3) is 3.45. The number of nitrogens with zero attached hydrogens (tertiary/aromatic N) is 1. The standard InChI is InChI=1S/C23H22N2O4/c1-3-29-21-14-15(8-13-20(21)26)22-24-19-7-5-4-6-18(19)23(27)25(22)16-9-11-17(28-2)12-10-16/h4-14,22,24,26H,3H2,1-2H3/t22-/m1/s1. The van der Waals surface area contributed by atoms with Crippen LogP contribution >= 0.6 is 0 Å². The van der Waals surface area contributed by atoms with Crippen molar-refractivity contribution in [2.75, 3.05) is 23.9 Å². The zero-order valence-corrected chi connectivity index (χ0v) is 16.3. The maximum atomic E-state index is 13.4. The maximum absolute atomic E-state index is 13.4. The molecule has 1 heterocycles. The van der Waals surface area contributed by atoms with Crippen molar-refractivity contribution in [3.05, 3.63) is 77.9 Å². The van der Waals surface area contributed by atoms with Crippen LogP contribution in [0.5, 0.6) is 17.2 Å². The molecule has 1 amide bonds. The summed E-state index contributed by atoms with van der Waals surface area (Å²) in [5.41, 5.74) is 2.89. The number of aromatic hydroxyl groups is 1. The number of rotatable bonds is 5. The number of carbonyl (C=O) groups is 1. The number of benzene rings is 3. The highest BCUT2D eigenvalue weighted by Crippen LogP contribution is 2.39. The number of hydrogen-bond donors (Lipinski definition) is 2. The van der Waals surface area contributed by atoms with Gasteiger partial charge in [0.05, 0.1) is 19.3 Å². The van der Waals surface area contributed by atoms with Gasteiger partial charge in [-0.2, -0.15) is 0 Å². The van der Waals surface area contributed by atoms with E-state index >= 15 is 0 Å². The molecule has 6 heteroatoms. The topological polar surface area (TPSA) is 71.0 Å². The Morgan fingerprint density at radius 3 is 2.55 bits per heavy atom. The summed E-state index contributed by atoms with van der Waals surface area (Å²) in [6, 6.07) is 19.9. The van der Waals surface area contributed by atoms with Gasteiger partial charge in [0, 0.05) is 11.4 Å². The van der Waals surface area contributed by atoms with Crippen molar-refractivity contribution < 1.29 is 19.4 Å². The number of para-hydroxylation sites is 1. The Kier molecular flexibility index (Phi) is 4.99. The second kappa shape index (κ2) is 7.75. The molecule has 1 atom stereocenters. The van der Waals surface area contributed by atoms with Gasteiger partial charge in [0.1, 0.15) is 11.9 Å². The number of amides is 1. The number of carbonyl (C=O) groups excluding carboxylic acids is 1. The number of nitrogens with one attached hydrogen (secondary N) is 1. The molecule has 0 spiro atoms. The van der Waals surface area contributed by atoms with Crippen LogP contribution in [-0.2, 0) is 0 Å². The maximum Gasteiger partial charge on any atom is 0.262 e. The van der Waals surface area contributed by atoms with Crippen LogP contribution in [0.15, 0.2) is 66.7 Å². The molecular weight excluding hydrogens is 368 g/mol. The van der Waals surface area contributed by atoms with Gasteiger partial charge in [0.2, 0.25) is 0 Å². The average Bonchev–Trinajstić information content (AvgIpc) is 2.75. The molecule has 0 aliphatic carbocycles. The molecule has 0 bridgehead atoms. The predicted octanol–water partition coefficient (Wildman–Crippen LogP) is 4.57. The van der Waals surface area contributed by atoms with Gasteiger partial charge in [0.15, 0.2) is 11.5 Å². The van der Waals surface area contributed by atoms with Crippen molar-refractivity contribution in [1.29, 1.82) is 0 Å². The first-order valence-corrected chi connectivity index (χ1v) is 9.41. The second-order valence-corrected chi connectivity index (χ2v) is 6.63. The van der Waals surface area contributed by atoms with Crippen LogP contribution in [0.1, 0.15) is 29.0 Å². The Hall–Kier alpha value is -3.67. The lowest BCUT2D eigenvalue weighted by molar-refractivity contribution is 0.0975. The molecule has 148 valence electrons. The predicted molar refractivity (Wildman–Crippen MR) is 112 cm³/mol. The highest BCUT2D eigenvalue weighted by molar-refractivity contribution is 6.12. The Labute approximate surface area is 169 Å². The van der Waals surface area contributed by atoms with Gasteiger partial charge in [-0.25, -0.2) is 0 Å². The van der Waals surface area contributed by atoms with Gasteiger partial charge in [0.25, 0.3) is 5.91 Å². The minimum absolute atomic E-state index is 0.0640. The number of ether oxygens (including phenoxy) is 2. The van der Waals surface area contributed by atoms with E-state index in [1.807, 2.05) is 49.4 Å². The molecule has 0 unspecified atom stereocenters. The summed E-state index contributed by atoms with van der Waals surface area (Å²) in [7, 11) is 1.60. The average molecular weight is 390 g/mol. The molecule has 0 radical (unpaired) electrons. The molecule has 0 aromatic heterocycles. The van der Waals surface area contributed by atoms with E-state index in [1.165, 1.54) is 0 Å². The summed E-state index contributed by atoms with van der Waals surface area (Å²) in [5.74, 6) is 1.05. The van der Waals surface area contributed by atoms with Crippen LogP contribution in [0.25, 0.3) is 0 Å². The van der Waals surface area contributed by atoms with Gasteiger partial charge >= 0.3 is 0 Å². The first kappa shape index (κ1) is 18.7. The third-order valence-corrected chi connectivity index (χ3v) is 4.88. The van der Waals surface area contributed by atoms with E-state index in [9.17, 15) is 9.90 Å². The first-order chi connectivity index (χ1) is 14.1. The number of phenols is 1. The van der Waals surface area contributed by atoms with Gasteiger partial charge in [-0.05, 0) is 61.0 Å². The van der Waals surface area contributed by atoms with Gasteiger partial charge < -0.3 is 19.9 Å². The lowest BCUT2D eigenvalue weighted by Gasteiger charge is -2.38. The first-order valence-electron chi connectivity index (χ1n) is 9.41. The van der Waals surface area contributed by atoms with E-state index < -0.39 is 6.17 Å². The summed E-state index contributed by atoms with van der Waals surface area (Å²) in [6.07, 6.45) is -0.467. The quantitative estimate of drug-likeness (QED) is 0.668. The minimum atomic E-state index is -0.467. The molecule has 0 saturated carbocycles. The molecule has 6 nitrogen and oxygen atoms in total. The Bertz CT molecular complexity index is 1030. The van der Waals surface area contributed by atoms with Crippen LogP contribution in [0.4, 0.5) is 11.4 Å². The fraction of sp³-hybridized carbons (Fsp3) is 0.174. The highest BCUT2D eigenvalue weighted by Gasteiger charge is 2.34. The molecule has 3 aromatic carbocycles. The Morgan fingerprint density at radius 1 is 1.07 bits per heavy atom. The Morgan fingerprint density at radius 2 is 1.83 bits per heavy atom. The SMILES string of the molecule is CCOc1cc([C@@H]2Nc3ccccc3C(=O)N2c2ccc(OC)cc2)ccc1O. The van der Waals surface area contributed by atoms with E-state index in [0.29, 0.717) is 23.7 Å². The fourth-order valence-corrected chi connectivity index (χ4v) is 3.47. The molecule has 0 fully saturated rings. The van der Waals surface area contributed by atoms with E-state index in [4.69, 9.17) is 9.47 Å². The Balaban J connectivity index is 1.82. The number of anilines is 2. The lowest BCUT2D eigenvalue weighted by atomic mass is 10.0. The molecule has 29 heavy (non-hydrogen) atoms. The summed E-state index contributed by atoms with van der Waals surface area (Å²) in [5, 5.41) is 13.5. The molecule has 2 N–H and O–H groups in total. The molecule has 1 aliphatic heterocycles. The van der Waals surface area contributed by atoms with Gasteiger partial charge in [-0.1, -0.05) is 18.2 Å². The van der Waals surface area contributed by atoms with E-state index in [0.717, 1.165) is 16.9 Å². The molecule has 4 rings (SSSR count). The van der Waals surface area contributed by atoms with E-state index in [-0.39, 0.29) is 11.7 Å². The van der Waals surface area contributed by atoms with E-state index in [2.05, 4.69) is 5.32 Å². The van der Waals surface area contributed by atoms with Crippen LogP contribution in [0.3, 0.4) is 0 Å². The van der Waals surface area contributed by atoms with Gasteiger partial charge in [-0.3, -0.25) is 9.69 Å². The van der Waals surface area contributed by atoms with Gasteiger partial charge in [-0.15, -0.1) is 0 Å². The smallest absolute Gasteiger partial charge is 0.262 e. The minimum Gasteiger partial charge on any atom is -0.504 e. The van der Waals surface area contributed by atoms with Crippen molar-refractivity contribution in [2.24, 2.45) is 0 Å². The molecule has 0 saturated heterocycles. The van der Waals surface area contributed by atoms with Crippen molar-refractivity contribution in [3.63, 3.8) is 0 Å². The van der Waals surface area contributed by atoms with E-state index in [1.54, 1.807) is 36.3 Å². The summed E-state index contributed by atoms with van der Waals surface area (Å²) in [6.45, 7) is 2.29. The van der Waals surface area contributed by atoms with Crippen LogP contribution in [-0.4, -0.2) is 24.7 Å². The number of methoxy groups -OCH3 is 1. The number of hydrogen-bond acceptors (Lipinski definition) is 5. The summed E-state index contributed by atoms with van der Waals surface area (Å²) >= 11 is 0.